The molecular formula is C11H20N2O2. The molecule has 2 heterocycles. The molecule has 0 spiro atoms. The minimum atomic E-state index is 0.189. The van der Waals surface area contributed by atoms with Crippen LogP contribution in [0.3, 0.4) is 0 Å². The molecule has 0 aromatic carbocycles. The third kappa shape index (κ3) is 3.18. The van der Waals surface area contributed by atoms with Crippen LogP contribution in [0.2, 0.25) is 0 Å². The molecule has 0 radical (unpaired) electrons. The maximum atomic E-state index is 11.9. The minimum Gasteiger partial charge on any atom is -0.378 e. The van der Waals surface area contributed by atoms with Gasteiger partial charge in [0, 0.05) is 26.2 Å². The molecule has 1 atom stereocenters. The molecule has 1 unspecified atom stereocenters. The number of hydrogen-bond donors (Lipinski definition) is 1. The van der Waals surface area contributed by atoms with Gasteiger partial charge in [0.25, 0.3) is 0 Å². The Kier molecular flexibility index (Phi) is 3.97. The maximum absolute atomic E-state index is 11.9. The van der Waals surface area contributed by atoms with Gasteiger partial charge in [-0.05, 0) is 25.8 Å². The number of ether oxygens (including phenoxy) is 1. The molecule has 86 valence electrons. The summed E-state index contributed by atoms with van der Waals surface area (Å²) in [7, 11) is 0. The summed E-state index contributed by atoms with van der Waals surface area (Å²) in [4.78, 5) is 13.9. The summed E-state index contributed by atoms with van der Waals surface area (Å²) >= 11 is 0. The molecule has 0 aliphatic carbocycles. The van der Waals surface area contributed by atoms with Crippen molar-refractivity contribution in [2.45, 2.75) is 31.8 Å². The van der Waals surface area contributed by atoms with Crippen molar-refractivity contribution in [3.63, 3.8) is 0 Å². The maximum Gasteiger partial charge on any atom is 0.225 e. The SMILES string of the molecule is O=C(CC1CCCO1)N1CCCNCC1. The largest absolute Gasteiger partial charge is 0.378 e. The average molecular weight is 212 g/mol. The molecule has 2 saturated heterocycles. The fourth-order valence-electron chi connectivity index (χ4n) is 2.22. The van der Waals surface area contributed by atoms with Gasteiger partial charge in [-0.3, -0.25) is 4.79 Å². The predicted molar refractivity (Wildman–Crippen MR) is 57.7 cm³/mol. The average Bonchev–Trinajstić information content (AvgIpc) is 2.58. The summed E-state index contributed by atoms with van der Waals surface area (Å²) in [6.07, 6.45) is 4.00. The first kappa shape index (κ1) is 10.9. The monoisotopic (exact) mass is 212 g/mol. The summed E-state index contributed by atoms with van der Waals surface area (Å²) in [6, 6.07) is 0. The summed E-state index contributed by atoms with van der Waals surface area (Å²) in [6.45, 7) is 4.55. The minimum absolute atomic E-state index is 0.189. The zero-order valence-corrected chi connectivity index (χ0v) is 9.21. The third-order valence-electron chi connectivity index (χ3n) is 3.12. The van der Waals surface area contributed by atoms with Gasteiger partial charge in [0.05, 0.1) is 12.5 Å². The van der Waals surface area contributed by atoms with Gasteiger partial charge >= 0.3 is 0 Å². The molecule has 0 aromatic rings. The van der Waals surface area contributed by atoms with Crippen molar-refractivity contribution in [3.8, 4) is 0 Å². The standard InChI is InChI=1S/C11H20N2O2/c14-11(9-10-3-1-8-15-10)13-6-2-4-12-5-7-13/h10,12H,1-9H2. The molecule has 1 N–H and O–H groups in total. The Morgan fingerprint density at radius 3 is 3.07 bits per heavy atom. The molecule has 4 heteroatoms. The van der Waals surface area contributed by atoms with Gasteiger partial charge in [0.15, 0.2) is 0 Å². The molecule has 0 aromatic heterocycles. The van der Waals surface area contributed by atoms with Gasteiger partial charge in [0.1, 0.15) is 0 Å². The molecule has 2 rings (SSSR count). The topological polar surface area (TPSA) is 41.6 Å². The number of hydrogen-bond acceptors (Lipinski definition) is 3. The predicted octanol–water partition coefficient (Wildman–Crippen LogP) is 0.377. The summed E-state index contributed by atoms with van der Waals surface area (Å²) in [5, 5.41) is 3.30. The first-order valence-electron chi connectivity index (χ1n) is 5.96. The smallest absolute Gasteiger partial charge is 0.225 e. The first-order chi connectivity index (χ1) is 7.36. The zero-order chi connectivity index (χ0) is 10.5. The van der Waals surface area contributed by atoms with Crippen molar-refractivity contribution in [1.29, 1.82) is 0 Å². The molecule has 1 amide bonds. The van der Waals surface area contributed by atoms with Gasteiger partial charge in [-0.1, -0.05) is 0 Å². The van der Waals surface area contributed by atoms with Crippen LogP contribution in [0.4, 0.5) is 0 Å². The van der Waals surface area contributed by atoms with Crippen LogP contribution < -0.4 is 5.32 Å². The number of carbonyl (C=O) groups is 1. The van der Waals surface area contributed by atoms with Gasteiger partial charge < -0.3 is 15.0 Å². The highest BCUT2D eigenvalue weighted by molar-refractivity contribution is 5.76. The fraction of sp³-hybridized carbons (Fsp3) is 0.909. The lowest BCUT2D eigenvalue weighted by Gasteiger charge is -2.21. The number of rotatable bonds is 2. The summed E-state index contributed by atoms with van der Waals surface area (Å²) < 4.78 is 5.48. The van der Waals surface area contributed by atoms with Crippen molar-refractivity contribution in [1.82, 2.24) is 10.2 Å². The van der Waals surface area contributed by atoms with E-state index in [0.29, 0.717) is 6.42 Å². The van der Waals surface area contributed by atoms with E-state index in [-0.39, 0.29) is 12.0 Å². The van der Waals surface area contributed by atoms with E-state index in [1.807, 2.05) is 4.90 Å². The number of nitrogens with zero attached hydrogens (tertiary/aromatic N) is 1. The molecule has 2 fully saturated rings. The van der Waals surface area contributed by atoms with Gasteiger partial charge in [-0.25, -0.2) is 0 Å². The van der Waals surface area contributed by atoms with Crippen molar-refractivity contribution in [3.05, 3.63) is 0 Å². The van der Waals surface area contributed by atoms with E-state index in [4.69, 9.17) is 4.74 Å². The van der Waals surface area contributed by atoms with Crippen LogP contribution in [0.15, 0.2) is 0 Å². The normalized spacial score (nSPS) is 27.7. The molecule has 2 aliphatic heterocycles. The Balaban J connectivity index is 1.77. The Hall–Kier alpha value is -0.610. The van der Waals surface area contributed by atoms with Crippen LogP contribution in [-0.2, 0) is 9.53 Å². The Morgan fingerprint density at radius 2 is 2.27 bits per heavy atom. The lowest BCUT2D eigenvalue weighted by Crippen LogP contribution is -2.35. The van der Waals surface area contributed by atoms with Crippen molar-refractivity contribution in [2.24, 2.45) is 0 Å². The highest BCUT2D eigenvalue weighted by atomic mass is 16.5. The van der Waals surface area contributed by atoms with Crippen molar-refractivity contribution in [2.75, 3.05) is 32.8 Å². The van der Waals surface area contributed by atoms with Gasteiger partial charge in [-0.2, -0.15) is 0 Å². The molecule has 4 nitrogen and oxygen atoms in total. The highest BCUT2D eigenvalue weighted by Gasteiger charge is 2.22. The van der Waals surface area contributed by atoms with E-state index < -0.39 is 0 Å². The molecular weight excluding hydrogens is 192 g/mol. The highest BCUT2D eigenvalue weighted by Crippen LogP contribution is 2.16. The van der Waals surface area contributed by atoms with E-state index in [1.54, 1.807) is 0 Å². The van der Waals surface area contributed by atoms with Crippen LogP contribution in [0.5, 0.6) is 0 Å². The quantitative estimate of drug-likeness (QED) is 0.719. The van der Waals surface area contributed by atoms with Crippen molar-refractivity contribution < 1.29 is 9.53 Å². The van der Waals surface area contributed by atoms with Crippen LogP contribution >= 0.6 is 0 Å². The van der Waals surface area contributed by atoms with Crippen molar-refractivity contribution >= 4 is 5.91 Å². The van der Waals surface area contributed by atoms with Crippen LogP contribution in [0.25, 0.3) is 0 Å². The van der Waals surface area contributed by atoms with E-state index in [1.165, 1.54) is 0 Å². The zero-order valence-electron chi connectivity index (χ0n) is 9.21. The Morgan fingerprint density at radius 1 is 1.33 bits per heavy atom. The lowest BCUT2D eigenvalue weighted by molar-refractivity contribution is -0.133. The fourth-order valence-corrected chi connectivity index (χ4v) is 2.22. The van der Waals surface area contributed by atoms with Crippen LogP contribution in [0.1, 0.15) is 25.7 Å². The van der Waals surface area contributed by atoms with Gasteiger partial charge in [0.2, 0.25) is 5.91 Å². The van der Waals surface area contributed by atoms with E-state index >= 15 is 0 Å². The molecule has 0 saturated carbocycles. The lowest BCUT2D eigenvalue weighted by atomic mass is 10.1. The summed E-state index contributed by atoms with van der Waals surface area (Å²) in [5.74, 6) is 0.269. The van der Waals surface area contributed by atoms with E-state index in [2.05, 4.69) is 5.32 Å². The second kappa shape index (κ2) is 5.47. The number of carbonyl (C=O) groups excluding carboxylic acids is 1. The molecule has 0 bridgehead atoms. The third-order valence-corrected chi connectivity index (χ3v) is 3.12. The molecule has 2 aliphatic rings. The second-order valence-electron chi connectivity index (χ2n) is 4.32. The Bertz CT molecular complexity index is 207. The van der Waals surface area contributed by atoms with Crippen LogP contribution in [-0.4, -0.2) is 49.7 Å². The number of amides is 1. The van der Waals surface area contributed by atoms with E-state index in [0.717, 1.165) is 52.0 Å². The second-order valence-corrected chi connectivity index (χ2v) is 4.32. The Labute approximate surface area is 91.0 Å². The summed E-state index contributed by atoms with van der Waals surface area (Å²) in [5.41, 5.74) is 0. The van der Waals surface area contributed by atoms with Gasteiger partial charge in [-0.15, -0.1) is 0 Å². The molecule has 15 heavy (non-hydrogen) atoms. The first-order valence-corrected chi connectivity index (χ1v) is 5.96. The van der Waals surface area contributed by atoms with Crippen LogP contribution in [0, 0.1) is 0 Å². The number of nitrogens with one attached hydrogen (secondary N) is 1. The van der Waals surface area contributed by atoms with E-state index in [9.17, 15) is 4.79 Å².